The Bertz CT molecular complexity index is 731. The molecule has 0 aliphatic carbocycles. The predicted octanol–water partition coefficient (Wildman–Crippen LogP) is 4.01. The molecule has 0 atom stereocenters. The number of carbonyl (C=O) groups is 2. The smallest absolute Gasteiger partial charge is 0.344 e. The van der Waals surface area contributed by atoms with E-state index in [9.17, 15) is 9.59 Å². The summed E-state index contributed by atoms with van der Waals surface area (Å²) in [5.74, 6) is -0.0760. The summed E-state index contributed by atoms with van der Waals surface area (Å²) in [6.07, 6.45) is 1.70. The van der Waals surface area contributed by atoms with Crippen LogP contribution in [0, 0.1) is 0 Å². The molecule has 0 radical (unpaired) electrons. The zero-order chi connectivity index (χ0) is 18.9. The lowest BCUT2D eigenvalue weighted by Crippen LogP contribution is -2.16. The lowest BCUT2D eigenvalue weighted by atomic mass is 10.0. The third kappa shape index (κ3) is 5.09. The number of aryl methyl sites for hydroxylation is 2. The second kappa shape index (κ2) is 9.61. The Labute approximate surface area is 154 Å². The highest BCUT2D eigenvalue weighted by Crippen LogP contribution is 2.23. The van der Waals surface area contributed by atoms with Gasteiger partial charge in [0.15, 0.2) is 6.61 Å². The van der Waals surface area contributed by atoms with E-state index in [-0.39, 0.29) is 12.5 Å². The van der Waals surface area contributed by atoms with Crippen molar-refractivity contribution < 1.29 is 19.1 Å². The summed E-state index contributed by atoms with van der Waals surface area (Å²) in [6, 6.07) is 12.8. The van der Waals surface area contributed by atoms with Crippen molar-refractivity contribution in [2.24, 2.45) is 0 Å². The largest absolute Gasteiger partial charge is 0.482 e. The van der Waals surface area contributed by atoms with Crippen LogP contribution in [0.4, 0.5) is 5.69 Å². The summed E-state index contributed by atoms with van der Waals surface area (Å²) < 4.78 is 10.1. The standard InChI is InChI=1S/C21H25NO4/c1-4-15-8-7-9-16(5-2)20(15)22-21(24)17-10-12-18(13-11-17)26-14-19(23)25-6-3/h7-13H,4-6,14H2,1-3H3,(H,22,24). The Morgan fingerprint density at radius 3 is 2.08 bits per heavy atom. The number of benzene rings is 2. The number of nitrogens with one attached hydrogen (secondary N) is 1. The van der Waals surface area contributed by atoms with Crippen LogP contribution in [-0.4, -0.2) is 25.1 Å². The average molecular weight is 355 g/mol. The first kappa shape index (κ1) is 19.5. The van der Waals surface area contributed by atoms with E-state index < -0.39 is 5.97 Å². The van der Waals surface area contributed by atoms with Gasteiger partial charge >= 0.3 is 5.97 Å². The van der Waals surface area contributed by atoms with Gasteiger partial charge in [0.2, 0.25) is 0 Å². The van der Waals surface area contributed by atoms with E-state index >= 15 is 0 Å². The highest BCUT2D eigenvalue weighted by atomic mass is 16.6. The van der Waals surface area contributed by atoms with Crippen LogP contribution in [0.2, 0.25) is 0 Å². The van der Waals surface area contributed by atoms with Crippen LogP contribution in [0.15, 0.2) is 42.5 Å². The number of ether oxygens (including phenoxy) is 2. The van der Waals surface area contributed by atoms with Crippen LogP contribution in [0.1, 0.15) is 42.3 Å². The molecule has 5 nitrogen and oxygen atoms in total. The van der Waals surface area contributed by atoms with Crippen molar-refractivity contribution >= 4 is 17.6 Å². The summed E-state index contributed by atoms with van der Waals surface area (Å²) >= 11 is 0. The van der Waals surface area contributed by atoms with Gasteiger partial charge in [-0.05, 0) is 55.2 Å². The van der Waals surface area contributed by atoms with E-state index in [2.05, 4.69) is 19.2 Å². The van der Waals surface area contributed by atoms with E-state index in [0.29, 0.717) is 17.9 Å². The van der Waals surface area contributed by atoms with Gasteiger partial charge in [-0.15, -0.1) is 0 Å². The monoisotopic (exact) mass is 355 g/mol. The fraction of sp³-hybridized carbons (Fsp3) is 0.333. The Kier molecular flexibility index (Phi) is 7.21. The molecule has 1 amide bonds. The molecule has 1 N–H and O–H groups in total. The first-order valence-corrected chi connectivity index (χ1v) is 8.89. The molecule has 0 spiro atoms. The molecule has 2 rings (SSSR count). The Morgan fingerprint density at radius 2 is 1.54 bits per heavy atom. The minimum atomic E-state index is -0.419. The summed E-state index contributed by atoms with van der Waals surface area (Å²) in [7, 11) is 0. The SMILES string of the molecule is CCOC(=O)COc1ccc(C(=O)Nc2c(CC)cccc2CC)cc1. The van der Waals surface area contributed by atoms with Crippen molar-refractivity contribution in [1.29, 1.82) is 0 Å². The number of hydrogen-bond acceptors (Lipinski definition) is 4. The van der Waals surface area contributed by atoms with Gasteiger partial charge in [0, 0.05) is 11.3 Å². The molecule has 0 saturated heterocycles. The first-order valence-electron chi connectivity index (χ1n) is 8.89. The maximum Gasteiger partial charge on any atom is 0.344 e. The van der Waals surface area contributed by atoms with Gasteiger partial charge in [-0.1, -0.05) is 32.0 Å². The van der Waals surface area contributed by atoms with Gasteiger partial charge in [-0.25, -0.2) is 4.79 Å². The normalized spacial score (nSPS) is 10.3. The Balaban J connectivity index is 2.06. The zero-order valence-electron chi connectivity index (χ0n) is 15.5. The minimum Gasteiger partial charge on any atom is -0.482 e. The number of amides is 1. The van der Waals surface area contributed by atoms with Gasteiger partial charge in [0.25, 0.3) is 5.91 Å². The van der Waals surface area contributed by atoms with Gasteiger partial charge in [-0.2, -0.15) is 0 Å². The molecular weight excluding hydrogens is 330 g/mol. The van der Waals surface area contributed by atoms with Gasteiger partial charge in [-0.3, -0.25) is 4.79 Å². The second-order valence-electron chi connectivity index (χ2n) is 5.73. The van der Waals surface area contributed by atoms with Gasteiger partial charge in [0.1, 0.15) is 5.75 Å². The zero-order valence-corrected chi connectivity index (χ0v) is 15.5. The van der Waals surface area contributed by atoms with Crippen LogP contribution in [-0.2, 0) is 22.4 Å². The fourth-order valence-corrected chi connectivity index (χ4v) is 2.64. The highest BCUT2D eigenvalue weighted by Gasteiger charge is 2.12. The van der Waals surface area contributed by atoms with Gasteiger partial charge in [0.05, 0.1) is 6.61 Å². The molecule has 0 bridgehead atoms. The number of para-hydroxylation sites is 1. The summed E-state index contributed by atoms with van der Waals surface area (Å²) in [5, 5.41) is 3.03. The topological polar surface area (TPSA) is 64.6 Å². The van der Waals surface area contributed by atoms with Crippen molar-refractivity contribution in [2.45, 2.75) is 33.6 Å². The number of rotatable bonds is 8. The summed E-state index contributed by atoms with van der Waals surface area (Å²) in [5.41, 5.74) is 3.66. The Hall–Kier alpha value is -2.82. The van der Waals surface area contributed by atoms with E-state index in [1.54, 1.807) is 31.2 Å². The van der Waals surface area contributed by atoms with Crippen molar-refractivity contribution in [3.63, 3.8) is 0 Å². The van der Waals surface area contributed by atoms with Crippen LogP contribution in [0.25, 0.3) is 0 Å². The fourth-order valence-electron chi connectivity index (χ4n) is 2.64. The van der Waals surface area contributed by atoms with E-state index in [0.717, 1.165) is 29.7 Å². The quantitative estimate of drug-likeness (QED) is 0.727. The molecule has 0 heterocycles. The van der Waals surface area contributed by atoms with Crippen molar-refractivity contribution in [1.82, 2.24) is 0 Å². The molecule has 138 valence electrons. The predicted molar refractivity (Wildman–Crippen MR) is 102 cm³/mol. The molecular formula is C21H25NO4. The molecule has 2 aromatic carbocycles. The van der Waals surface area contributed by atoms with E-state index in [4.69, 9.17) is 9.47 Å². The number of carbonyl (C=O) groups excluding carboxylic acids is 2. The Morgan fingerprint density at radius 1 is 0.923 bits per heavy atom. The maximum atomic E-state index is 12.6. The number of anilines is 1. The van der Waals surface area contributed by atoms with E-state index in [1.165, 1.54) is 0 Å². The molecule has 5 heteroatoms. The number of hydrogen-bond donors (Lipinski definition) is 1. The average Bonchev–Trinajstić information content (AvgIpc) is 2.67. The lowest BCUT2D eigenvalue weighted by Gasteiger charge is -2.14. The van der Waals surface area contributed by atoms with Crippen molar-refractivity contribution in [2.75, 3.05) is 18.5 Å². The summed E-state index contributed by atoms with van der Waals surface area (Å²) in [6.45, 7) is 6.05. The number of esters is 1. The molecule has 2 aromatic rings. The second-order valence-corrected chi connectivity index (χ2v) is 5.73. The third-order valence-corrected chi connectivity index (χ3v) is 4.02. The molecule has 0 saturated carbocycles. The third-order valence-electron chi connectivity index (χ3n) is 4.02. The minimum absolute atomic E-state index is 0.150. The van der Waals surface area contributed by atoms with Crippen LogP contribution in [0.3, 0.4) is 0 Å². The molecule has 0 aliphatic heterocycles. The molecule has 26 heavy (non-hydrogen) atoms. The molecule has 0 unspecified atom stereocenters. The van der Waals surface area contributed by atoms with Crippen LogP contribution < -0.4 is 10.1 Å². The summed E-state index contributed by atoms with van der Waals surface area (Å²) in [4.78, 5) is 23.9. The van der Waals surface area contributed by atoms with Crippen molar-refractivity contribution in [3.05, 3.63) is 59.2 Å². The van der Waals surface area contributed by atoms with Crippen LogP contribution >= 0.6 is 0 Å². The van der Waals surface area contributed by atoms with Crippen LogP contribution in [0.5, 0.6) is 5.75 Å². The molecule has 0 aromatic heterocycles. The highest BCUT2D eigenvalue weighted by molar-refractivity contribution is 6.05. The molecule has 0 fully saturated rings. The van der Waals surface area contributed by atoms with Crippen molar-refractivity contribution in [3.8, 4) is 5.75 Å². The lowest BCUT2D eigenvalue weighted by molar-refractivity contribution is -0.145. The maximum absolute atomic E-state index is 12.6. The molecule has 0 aliphatic rings. The first-order chi connectivity index (χ1) is 12.6. The van der Waals surface area contributed by atoms with E-state index in [1.807, 2.05) is 18.2 Å². The van der Waals surface area contributed by atoms with Gasteiger partial charge < -0.3 is 14.8 Å².